The topological polar surface area (TPSA) is 86.7 Å². The summed E-state index contributed by atoms with van der Waals surface area (Å²) in [5.74, 6) is -1.01. The molecule has 0 saturated carbocycles. The summed E-state index contributed by atoms with van der Waals surface area (Å²) in [6, 6.07) is 6.35. The second-order valence-corrected chi connectivity index (χ2v) is 6.74. The van der Waals surface area contributed by atoms with Crippen molar-refractivity contribution in [3.8, 4) is 0 Å². The van der Waals surface area contributed by atoms with Gasteiger partial charge in [0.2, 0.25) is 11.8 Å². The van der Waals surface area contributed by atoms with E-state index in [4.69, 9.17) is 16.7 Å². The van der Waals surface area contributed by atoms with Gasteiger partial charge >= 0.3 is 5.97 Å². The molecule has 1 unspecified atom stereocenters. The molecular formula is C16H21ClN2O4S. The molecule has 0 aliphatic carbocycles. The molecule has 6 nitrogen and oxygen atoms in total. The highest BCUT2D eigenvalue weighted by Crippen LogP contribution is 2.21. The molecular weight excluding hydrogens is 352 g/mol. The van der Waals surface area contributed by atoms with E-state index in [9.17, 15) is 14.4 Å². The Morgan fingerprint density at radius 2 is 1.92 bits per heavy atom. The van der Waals surface area contributed by atoms with Crippen molar-refractivity contribution < 1.29 is 19.5 Å². The fourth-order valence-electron chi connectivity index (χ4n) is 1.95. The van der Waals surface area contributed by atoms with E-state index in [2.05, 4.69) is 5.32 Å². The zero-order chi connectivity index (χ0) is 18.1. The van der Waals surface area contributed by atoms with Crippen molar-refractivity contribution in [3.05, 3.63) is 29.3 Å². The van der Waals surface area contributed by atoms with Crippen LogP contribution in [0.4, 0.5) is 0 Å². The molecule has 0 saturated heterocycles. The summed E-state index contributed by atoms with van der Waals surface area (Å²) >= 11 is 7.32. The maximum absolute atomic E-state index is 12.3. The molecule has 2 amide bonds. The second kappa shape index (κ2) is 10.2. The molecule has 0 spiro atoms. The van der Waals surface area contributed by atoms with Crippen LogP contribution in [0.1, 0.15) is 20.3 Å². The van der Waals surface area contributed by atoms with E-state index in [0.717, 1.165) is 4.90 Å². The van der Waals surface area contributed by atoms with E-state index in [1.165, 1.54) is 30.5 Å². The largest absolute Gasteiger partial charge is 0.480 e. The van der Waals surface area contributed by atoms with Crippen LogP contribution in [0.5, 0.6) is 0 Å². The van der Waals surface area contributed by atoms with E-state index >= 15 is 0 Å². The van der Waals surface area contributed by atoms with Crippen LogP contribution in [0, 0.1) is 0 Å². The Bertz CT molecular complexity index is 580. The molecule has 0 aliphatic heterocycles. The van der Waals surface area contributed by atoms with Gasteiger partial charge in [-0.05, 0) is 31.2 Å². The van der Waals surface area contributed by atoms with Gasteiger partial charge in [0.1, 0.15) is 6.04 Å². The fourth-order valence-corrected chi connectivity index (χ4v) is 2.92. The van der Waals surface area contributed by atoms with Gasteiger partial charge in [0.25, 0.3) is 0 Å². The van der Waals surface area contributed by atoms with Crippen molar-refractivity contribution in [2.45, 2.75) is 31.2 Å². The minimum atomic E-state index is -1.07. The minimum absolute atomic E-state index is 0.164. The fraction of sp³-hybridized carbons (Fsp3) is 0.438. The zero-order valence-electron chi connectivity index (χ0n) is 13.6. The first-order valence-electron chi connectivity index (χ1n) is 7.46. The van der Waals surface area contributed by atoms with E-state index in [1.54, 1.807) is 12.1 Å². The number of thioether (sulfide) groups is 1. The zero-order valence-corrected chi connectivity index (χ0v) is 15.2. The molecule has 1 atom stereocenters. The summed E-state index contributed by atoms with van der Waals surface area (Å²) in [5, 5.41) is 12.4. The lowest BCUT2D eigenvalue weighted by Gasteiger charge is -2.26. The highest BCUT2D eigenvalue weighted by molar-refractivity contribution is 7.99. The van der Waals surface area contributed by atoms with Crippen LogP contribution in [0.25, 0.3) is 0 Å². The molecule has 0 aromatic heterocycles. The summed E-state index contributed by atoms with van der Waals surface area (Å²) in [7, 11) is 0. The van der Waals surface area contributed by atoms with Crippen molar-refractivity contribution in [1.29, 1.82) is 0 Å². The Morgan fingerprint density at radius 1 is 1.29 bits per heavy atom. The Morgan fingerprint density at radius 3 is 2.46 bits per heavy atom. The molecule has 0 radical (unpaired) electrons. The van der Waals surface area contributed by atoms with Gasteiger partial charge in [-0.1, -0.05) is 11.6 Å². The number of carbonyl (C=O) groups is 3. The van der Waals surface area contributed by atoms with Crippen molar-refractivity contribution in [1.82, 2.24) is 10.2 Å². The number of rotatable bonds is 9. The summed E-state index contributed by atoms with van der Waals surface area (Å²) in [6.07, 6.45) is 0.213. The molecule has 1 rings (SSSR count). The third-order valence-corrected chi connectivity index (χ3v) is 4.54. The number of carboxylic acid groups (broad SMARTS) is 1. The minimum Gasteiger partial charge on any atom is -0.480 e. The molecule has 8 heteroatoms. The predicted octanol–water partition coefficient (Wildman–Crippen LogP) is 2.26. The van der Waals surface area contributed by atoms with Crippen molar-refractivity contribution in [2.75, 3.05) is 18.8 Å². The number of amides is 2. The third-order valence-electron chi connectivity index (χ3n) is 3.27. The van der Waals surface area contributed by atoms with Gasteiger partial charge in [-0.2, -0.15) is 0 Å². The molecule has 0 bridgehead atoms. The van der Waals surface area contributed by atoms with E-state index in [0.29, 0.717) is 10.8 Å². The van der Waals surface area contributed by atoms with Gasteiger partial charge in [0.05, 0.1) is 0 Å². The highest BCUT2D eigenvalue weighted by atomic mass is 35.5. The van der Waals surface area contributed by atoms with Gasteiger partial charge in [-0.3, -0.25) is 9.59 Å². The van der Waals surface area contributed by atoms with Crippen LogP contribution in [-0.4, -0.2) is 52.7 Å². The molecule has 0 aliphatic rings. The third kappa shape index (κ3) is 7.23. The van der Waals surface area contributed by atoms with Crippen molar-refractivity contribution in [3.63, 3.8) is 0 Å². The number of carboxylic acids is 1. The smallest absolute Gasteiger partial charge is 0.326 e. The SMILES string of the molecule is CC(=O)NCCN(C(=O)CCSc1ccc(Cl)cc1)C(C)C(=O)O. The first kappa shape index (κ1) is 20.3. The average Bonchev–Trinajstić information content (AvgIpc) is 2.52. The monoisotopic (exact) mass is 372 g/mol. The van der Waals surface area contributed by atoms with Gasteiger partial charge in [0, 0.05) is 42.1 Å². The lowest BCUT2D eigenvalue weighted by atomic mass is 10.2. The van der Waals surface area contributed by atoms with Crippen LogP contribution >= 0.6 is 23.4 Å². The van der Waals surface area contributed by atoms with E-state index < -0.39 is 12.0 Å². The number of carbonyl (C=O) groups excluding carboxylic acids is 2. The number of nitrogens with one attached hydrogen (secondary N) is 1. The highest BCUT2D eigenvalue weighted by Gasteiger charge is 2.24. The summed E-state index contributed by atoms with van der Waals surface area (Å²) in [4.78, 5) is 36.7. The van der Waals surface area contributed by atoms with Crippen LogP contribution in [-0.2, 0) is 14.4 Å². The molecule has 1 aromatic rings. The number of nitrogens with zero attached hydrogens (tertiary/aromatic N) is 1. The van der Waals surface area contributed by atoms with Crippen LogP contribution in [0.3, 0.4) is 0 Å². The summed E-state index contributed by atoms with van der Waals surface area (Å²) in [6.45, 7) is 3.22. The maximum atomic E-state index is 12.3. The molecule has 0 heterocycles. The van der Waals surface area contributed by atoms with E-state index in [1.807, 2.05) is 12.1 Å². The number of halogens is 1. The lowest BCUT2D eigenvalue weighted by molar-refractivity contribution is -0.149. The molecule has 0 fully saturated rings. The van der Waals surface area contributed by atoms with Gasteiger partial charge < -0.3 is 15.3 Å². The van der Waals surface area contributed by atoms with Crippen molar-refractivity contribution in [2.24, 2.45) is 0 Å². The van der Waals surface area contributed by atoms with Crippen LogP contribution in [0.15, 0.2) is 29.2 Å². The molecule has 132 valence electrons. The van der Waals surface area contributed by atoms with Crippen LogP contribution in [0.2, 0.25) is 5.02 Å². The summed E-state index contributed by atoms with van der Waals surface area (Å²) in [5.41, 5.74) is 0. The first-order chi connectivity index (χ1) is 11.3. The number of hydrogen-bond acceptors (Lipinski definition) is 4. The van der Waals surface area contributed by atoms with E-state index in [-0.39, 0.29) is 31.3 Å². The Hall–Kier alpha value is -1.73. The van der Waals surface area contributed by atoms with Crippen molar-refractivity contribution >= 4 is 41.1 Å². The average molecular weight is 373 g/mol. The van der Waals surface area contributed by atoms with Gasteiger partial charge in [-0.25, -0.2) is 4.79 Å². The van der Waals surface area contributed by atoms with Crippen LogP contribution < -0.4 is 5.32 Å². The summed E-state index contributed by atoms with van der Waals surface area (Å²) < 4.78 is 0. The molecule has 2 N–H and O–H groups in total. The lowest BCUT2D eigenvalue weighted by Crippen LogP contribution is -2.46. The standard InChI is InChI=1S/C16H21ClN2O4S/c1-11(16(22)23)19(9-8-18-12(2)20)15(21)7-10-24-14-5-3-13(17)4-6-14/h3-6,11H,7-10H2,1-2H3,(H,18,20)(H,22,23). The Labute approximate surface area is 150 Å². The second-order valence-electron chi connectivity index (χ2n) is 5.14. The number of hydrogen-bond donors (Lipinski definition) is 2. The number of benzene rings is 1. The first-order valence-corrected chi connectivity index (χ1v) is 8.82. The van der Waals surface area contributed by atoms with Gasteiger partial charge in [0.15, 0.2) is 0 Å². The normalized spacial score (nSPS) is 11.6. The molecule has 1 aromatic carbocycles. The maximum Gasteiger partial charge on any atom is 0.326 e. The Kier molecular flexibility index (Phi) is 8.63. The van der Waals surface area contributed by atoms with Gasteiger partial charge in [-0.15, -0.1) is 11.8 Å². The molecule has 24 heavy (non-hydrogen) atoms. The number of aliphatic carboxylic acids is 1. The predicted molar refractivity (Wildman–Crippen MR) is 94.3 cm³/mol. The quantitative estimate of drug-likeness (QED) is 0.649. The Balaban J connectivity index is 2.54.